The summed E-state index contributed by atoms with van der Waals surface area (Å²) in [4.78, 5) is 27.1. The number of rotatable bonds is 5. The largest absolute Gasteiger partial charge is 0.390 e. The van der Waals surface area contributed by atoms with Gasteiger partial charge in [-0.15, -0.1) is 0 Å². The molecule has 1 atom stereocenters. The van der Waals surface area contributed by atoms with Crippen LogP contribution in [-0.4, -0.2) is 43.7 Å². The molecule has 1 aromatic carbocycles. The smallest absolute Gasteiger partial charge is 0.340 e. The van der Waals surface area contributed by atoms with Crippen LogP contribution in [0.3, 0.4) is 0 Å². The minimum Gasteiger partial charge on any atom is -0.340 e. The Hall–Kier alpha value is -3.50. The fourth-order valence-electron chi connectivity index (χ4n) is 3.61. The van der Waals surface area contributed by atoms with Crippen LogP contribution in [0.15, 0.2) is 42.9 Å². The molecule has 11 heteroatoms. The van der Waals surface area contributed by atoms with E-state index in [0.29, 0.717) is 11.4 Å². The highest BCUT2D eigenvalue weighted by Gasteiger charge is 2.45. The van der Waals surface area contributed by atoms with Crippen LogP contribution in [0, 0.1) is 5.82 Å². The van der Waals surface area contributed by atoms with E-state index in [4.69, 9.17) is 0 Å². The molecular formula is C21H20F4N6O. The summed E-state index contributed by atoms with van der Waals surface area (Å²) in [5.74, 6) is -0.0218. The lowest BCUT2D eigenvalue weighted by molar-refractivity contribution is -0.134. The fourth-order valence-corrected chi connectivity index (χ4v) is 3.61. The van der Waals surface area contributed by atoms with E-state index in [1.54, 1.807) is 36.7 Å². The number of nitrogens with zero attached hydrogens (tertiary/aromatic N) is 5. The van der Waals surface area contributed by atoms with Crippen LogP contribution in [-0.2, 0) is 4.79 Å². The highest BCUT2D eigenvalue weighted by molar-refractivity contribution is 6.05. The van der Waals surface area contributed by atoms with Gasteiger partial charge in [-0.2, -0.15) is 18.2 Å². The van der Waals surface area contributed by atoms with Gasteiger partial charge in [-0.3, -0.25) is 9.36 Å². The van der Waals surface area contributed by atoms with Gasteiger partial charge in [0.2, 0.25) is 11.9 Å². The number of hydrogen-bond donors (Lipinski definition) is 1. The minimum absolute atomic E-state index is 0.159. The van der Waals surface area contributed by atoms with Gasteiger partial charge in [0.05, 0.1) is 12.6 Å². The molecule has 3 heterocycles. The summed E-state index contributed by atoms with van der Waals surface area (Å²) in [6.07, 6.45) is -0.734. The number of anilines is 2. The number of aromatic nitrogens is 4. The zero-order valence-electron chi connectivity index (χ0n) is 17.3. The summed E-state index contributed by atoms with van der Waals surface area (Å²) in [5, 5.41) is 2.70. The fraction of sp³-hybridized carbons (Fsp3) is 0.333. The number of benzene rings is 1. The van der Waals surface area contributed by atoms with E-state index in [9.17, 15) is 22.4 Å². The Morgan fingerprint density at radius 2 is 1.88 bits per heavy atom. The Balaban J connectivity index is 1.79. The molecule has 0 saturated carbocycles. The number of fused-ring (bicyclic) bond motifs is 1. The molecule has 1 aliphatic heterocycles. The minimum atomic E-state index is -4.39. The van der Waals surface area contributed by atoms with Gasteiger partial charge in [0.1, 0.15) is 22.9 Å². The molecule has 32 heavy (non-hydrogen) atoms. The highest BCUT2D eigenvalue weighted by atomic mass is 19.4. The Kier molecular flexibility index (Phi) is 5.35. The highest BCUT2D eigenvalue weighted by Crippen LogP contribution is 2.38. The van der Waals surface area contributed by atoms with Crippen LogP contribution in [0.5, 0.6) is 0 Å². The Morgan fingerprint density at radius 3 is 2.53 bits per heavy atom. The van der Waals surface area contributed by atoms with Gasteiger partial charge in [0.15, 0.2) is 5.82 Å². The van der Waals surface area contributed by atoms with Crippen molar-refractivity contribution in [1.29, 1.82) is 0 Å². The first-order chi connectivity index (χ1) is 15.1. The molecule has 1 aliphatic rings. The van der Waals surface area contributed by atoms with Crippen LogP contribution in [0.1, 0.15) is 26.7 Å². The maximum absolute atomic E-state index is 13.3. The van der Waals surface area contributed by atoms with Crippen LogP contribution in [0.4, 0.5) is 29.1 Å². The lowest BCUT2D eigenvalue weighted by atomic mass is 9.92. The Labute approximate surface area is 181 Å². The summed E-state index contributed by atoms with van der Waals surface area (Å²) in [5.41, 5.74) is -0.368. The zero-order chi connectivity index (χ0) is 23.1. The van der Waals surface area contributed by atoms with Gasteiger partial charge in [0, 0.05) is 24.5 Å². The molecule has 0 aliphatic carbocycles. The molecule has 3 aromatic rings. The third-order valence-corrected chi connectivity index (χ3v) is 5.61. The summed E-state index contributed by atoms with van der Waals surface area (Å²) < 4.78 is 53.9. The monoisotopic (exact) mass is 448 g/mol. The maximum atomic E-state index is 13.3. The summed E-state index contributed by atoms with van der Waals surface area (Å²) in [7, 11) is 0. The van der Waals surface area contributed by atoms with Crippen molar-refractivity contribution in [3.63, 3.8) is 0 Å². The van der Waals surface area contributed by atoms with Crippen molar-refractivity contribution in [3.8, 4) is 17.3 Å². The quantitative estimate of drug-likeness (QED) is 0.588. The molecule has 0 saturated heterocycles. The lowest BCUT2D eigenvalue weighted by Crippen LogP contribution is -2.58. The van der Waals surface area contributed by atoms with Crippen molar-refractivity contribution in [3.05, 3.63) is 48.7 Å². The molecule has 4 rings (SSSR count). The number of alkyl halides is 3. The standard InChI is InChI=1S/C21H20F4N6O/c1-3-20(2)18(32)28-15-12-27-19(29-17(15)31(20)10-8-21(23,24)25)30-11-9-26-16(30)13-4-6-14(22)7-5-13/h4-7,9,11-12H,3,8,10H2,1-2H3,(H,28,32). The van der Waals surface area contributed by atoms with Gasteiger partial charge < -0.3 is 10.2 Å². The van der Waals surface area contributed by atoms with Gasteiger partial charge >= 0.3 is 6.18 Å². The van der Waals surface area contributed by atoms with E-state index >= 15 is 0 Å². The SMILES string of the molecule is CCC1(C)C(=O)Nc2cnc(-n3ccnc3-c3ccc(F)cc3)nc2N1CCC(F)(F)F. The molecule has 0 radical (unpaired) electrons. The van der Waals surface area contributed by atoms with Gasteiger partial charge in [-0.05, 0) is 37.6 Å². The molecule has 1 unspecified atom stereocenters. The summed E-state index contributed by atoms with van der Waals surface area (Å²) in [6.45, 7) is 2.89. The lowest BCUT2D eigenvalue weighted by Gasteiger charge is -2.44. The maximum Gasteiger partial charge on any atom is 0.390 e. The molecule has 0 bridgehead atoms. The zero-order valence-corrected chi connectivity index (χ0v) is 17.3. The average Bonchev–Trinajstić information content (AvgIpc) is 3.23. The summed E-state index contributed by atoms with van der Waals surface area (Å²) >= 11 is 0. The van der Waals surface area contributed by atoms with Crippen molar-refractivity contribution in [1.82, 2.24) is 19.5 Å². The normalized spacial score (nSPS) is 18.4. The molecule has 1 amide bonds. The van der Waals surface area contributed by atoms with Crippen LogP contribution in [0.2, 0.25) is 0 Å². The number of nitrogens with one attached hydrogen (secondary N) is 1. The molecule has 168 valence electrons. The van der Waals surface area contributed by atoms with Crippen LogP contribution >= 0.6 is 0 Å². The molecule has 0 fully saturated rings. The van der Waals surface area contributed by atoms with Crippen molar-refractivity contribution < 1.29 is 22.4 Å². The molecule has 2 aromatic heterocycles. The third kappa shape index (κ3) is 3.90. The Morgan fingerprint density at radius 1 is 1.16 bits per heavy atom. The van der Waals surface area contributed by atoms with Crippen LogP contribution in [0.25, 0.3) is 17.3 Å². The van der Waals surface area contributed by atoms with E-state index in [1.807, 2.05) is 0 Å². The number of carbonyl (C=O) groups is 1. The predicted octanol–water partition coefficient (Wildman–Crippen LogP) is 4.35. The first-order valence-corrected chi connectivity index (χ1v) is 9.95. The number of amides is 1. The second kappa shape index (κ2) is 7.88. The van der Waals surface area contributed by atoms with Gasteiger partial charge in [-0.25, -0.2) is 14.4 Å². The first-order valence-electron chi connectivity index (χ1n) is 9.95. The Bertz CT molecular complexity index is 1140. The number of carbonyl (C=O) groups excluding carboxylic acids is 1. The van der Waals surface area contributed by atoms with E-state index < -0.39 is 36.4 Å². The van der Waals surface area contributed by atoms with Crippen LogP contribution < -0.4 is 10.2 Å². The van der Waals surface area contributed by atoms with Crippen molar-refractivity contribution >= 4 is 17.4 Å². The summed E-state index contributed by atoms with van der Waals surface area (Å²) in [6, 6.07) is 5.69. The molecular weight excluding hydrogens is 428 g/mol. The van der Waals surface area contributed by atoms with E-state index in [0.717, 1.165) is 0 Å². The van der Waals surface area contributed by atoms with E-state index in [2.05, 4.69) is 20.3 Å². The topological polar surface area (TPSA) is 75.9 Å². The van der Waals surface area contributed by atoms with E-state index in [-0.39, 0.29) is 23.9 Å². The first kappa shape index (κ1) is 21.7. The van der Waals surface area contributed by atoms with Crippen molar-refractivity contribution in [2.45, 2.75) is 38.4 Å². The van der Waals surface area contributed by atoms with Crippen molar-refractivity contribution in [2.24, 2.45) is 0 Å². The third-order valence-electron chi connectivity index (χ3n) is 5.61. The van der Waals surface area contributed by atoms with Gasteiger partial charge in [-0.1, -0.05) is 6.92 Å². The van der Waals surface area contributed by atoms with Gasteiger partial charge in [0.25, 0.3) is 0 Å². The van der Waals surface area contributed by atoms with Crippen molar-refractivity contribution in [2.75, 3.05) is 16.8 Å². The number of imidazole rings is 1. The molecule has 7 nitrogen and oxygen atoms in total. The second-order valence-electron chi connectivity index (χ2n) is 7.63. The molecule has 1 N–H and O–H groups in total. The number of hydrogen-bond acceptors (Lipinski definition) is 5. The molecule has 0 spiro atoms. The predicted molar refractivity (Wildman–Crippen MR) is 110 cm³/mol. The second-order valence-corrected chi connectivity index (χ2v) is 7.63. The average molecular weight is 448 g/mol. The number of halogens is 4. The van der Waals surface area contributed by atoms with E-state index in [1.165, 1.54) is 29.4 Å².